The smallest absolute Gasteiger partial charge is 0.124 e. The van der Waals surface area contributed by atoms with Gasteiger partial charge in [0, 0.05) is 18.1 Å². The lowest BCUT2D eigenvalue weighted by Gasteiger charge is -2.39. The standard InChI is InChI=1S/C14H16FN3/c15-10-1-4-14(9(5-10)8-16)18-12-2-3-13(18)7-11(17)6-12/h1,4-5,11-13H,2-3,6-7,17H2. The van der Waals surface area contributed by atoms with Crippen molar-refractivity contribution in [1.29, 1.82) is 5.26 Å². The number of benzene rings is 1. The molecule has 2 saturated heterocycles. The fraction of sp³-hybridized carbons (Fsp3) is 0.500. The van der Waals surface area contributed by atoms with Crippen LogP contribution in [0.25, 0.3) is 0 Å². The summed E-state index contributed by atoms with van der Waals surface area (Å²) in [5.74, 6) is -0.351. The van der Waals surface area contributed by atoms with Crippen LogP contribution in [-0.2, 0) is 0 Å². The Labute approximate surface area is 106 Å². The summed E-state index contributed by atoms with van der Waals surface area (Å²) in [7, 11) is 0. The van der Waals surface area contributed by atoms with Crippen LogP contribution in [0.1, 0.15) is 31.2 Å². The molecule has 3 nitrogen and oxygen atoms in total. The molecule has 2 N–H and O–H groups in total. The molecule has 0 amide bonds. The summed E-state index contributed by atoms with van der Waals surface area (Å²) in [6, 6.07) is 7.69. The van der Waals surface area contributed by atoms with Gasteiger partial charge in [0.2, 0.25) is 0 Å². The molecular weight excluding hydrogens is 229 g/mol. The molecule has 4 heteroatoms. The molecule has 94 valence electrons. The molecule has 1 aromatic carbocycles. The summed E-state index contributed by atoms with van der Waals surface area (Å²) in [6.07, 6.45) is 4.19. The number of nitrogens with zero attached hydrogens (tertiary/aromatic N) is 2. The fourth-order valence-electron chi connectivity index (χ4n) is 3.44. The van der Waals surface area contributed by atoms with Crippen molar-refractivity contribution in [2.45, 2.75) is 43.8 Å². The number of nitriles is 1. The van der Waals surface area contributed by atoms with E-state index in [2.05, 4.69) is 11.0 Å². The van der Waals surface area contributed by atoms with Crippen molar-refractivity contribution in [1.82, 2.24) is 0 Å². The van der Waals surface area contributed by atoms with E-state index in [0.717, 1.165) is 31.4 Å². The second-order valence-electron chi connectivity index (χ2n) is 5.30. The largest absolute Gasteiger partial charge is 0.364 e. The zero-order valence-electron chi connectivity index (χ0n) is 10.1. The molecule has 0 radical (unpaired) electrons. The predicted octanol–water partition coefficient (Wildman–Crippen LogP) is 2.16. The van der Waals surface area contributed by atoms with Gasteiger partial charge in [-0.25, -0.2) is 4.39 Å². The summed E-state index contributed by atoms with van der Waals surface area (Å²) < 4.78 is 13.2. The third-order valence-corrected chi connectivity index (χ3v) is 4.13. The van der Waals surface area contributed by atoms with E-state index >= 15 is 0 Å². The molecule has 2 aliphatic heterocycles. The molecule has 2 bridgehead atoms. The monoisotopic (exact) mass is 245 g/mol. The van der Waals surface area contributed by atoms with E-state index in [0.29, 0.717) is 17.6 Å². The number of rotatable bonds is 1. The summed E-state index contributed by atoms with van der Waals surface area (Å²) >= 11 is 0. The predicted molar refractivity (Wildman–Crippen MR) is 67.6 cm³/mol. The van der Waals surface area contributed by atoms with Gasteiger partial charge in [0.15, 0.2) is 0 Å². The molecular formula is C14H16FN3. The Morgan fingerprint density at radius 2 is 1.94 bits per heavy atom. The van der Waals surface area contributed by atoms with E-state index in [1.807, 2.05) is 0 Å². The number of fused-ring (bicyclic) bond motifs is 2. The van der Waals surface area contributed by atoms with Crippen molar-refractivity contribution < 1.29 is 4.39 Å². The van der Waals surface area contributed by atoms with E-state index in [1.165, 1.54) is 12.1 Å². The molecule has 0 aromatic heterocycles. The molecule has 2 fully saturated rings. The van der Waals surface area contributed by atoms with E-state index in [-0.39, 0.29) is 11.9 Å². The Morgan fingerprint density at radius 1 is 1.28 bits per heavy atom. The van der Waals surface area contributed by atoms with Gasteiger partial charge in [-0.3, -0.25) is 0 Å². The lowest BCUT2D eigenvalue weighted by Crippen LogP contribution is -2.47. The average Bonchev–Trinajstić information content (AvgIpc) is 2.62. The second-order valence-corrected chi connectivity index (χ2v) is 5.30. The zero-order valence-corrected chi connectivity index (χ0v) is 10.1. The van der Waals surface area contributed by atoms with Crippen LogP contribution in [0.15, 0.2) is 18.2 Å². The number of nitrogens with two attached hydrogens (primary N) is 1. The number of piperidine rings is 1. The van der Waals surface area contributed by atoms with Gasteiger partial charge in [0.05, 0.1) is 11.3 Å². The van der Waals surface area contributed by atoms with Gasteiger partial charge in [-0.15, -0.1) is 0 Å². The second kappa shape index (κ2) is 4.25. The van der Waals surface area contributed by atoms with Gasteiger partial charge < -0.3 is 10.6 Å². The highest BCUT2D eigenvalue weighted by Crippen LogP contribution is 2.40. The number of hydrogen-bond acceptors (Lipinski definition) is 3. The minimum atomic E-state index is -0.351. The molecule has 3 rings (SSSR count). The van der Waals surface area contributed by atoms with Crippen LogP contribution in [-0.4, -0.2) is 18.1 Å². The average molecular weight is 245 g/mol. The summed E-state index contributed by atoms with van der Waals surface area (Å²) in [5.41, 5.74) is 7.35. The molecule has 2 unspecified atom stereocenters. The Bertz CT molecular complexity index is 494. The van der Waals surface area contributed by atoms with Gasteiger partial charge in [0.1, 0.15) is 11.9 Å². The third kappa shape index (κ3) is 1.75. The minimum Gasteiger partial charge on any atom is -0.364 e. The van der Waals surface area contributed by atoms with Crippen molar-refractivity contribution >= 4 is 5.69 Å². The van der Waals surface area contributed by atoms with Crippen molar-refractivity contribution in [2.75, 3.05) is 4.90 Å². The van der Waals surface area contributed by atoms with Gasteiger partial charge in [-0.05, 0) is 43.9 Å². The first kappa shape index (κ1) is 11.5. The van der Waals surface area contributed by atoms with Gasteiger partial charge in [0.25, 0.3) is 0 Å². The maximum Gasteiger partial charge on any atom is 0.124 e. The SMILES string of the molecule is N#Cc1cc(F)ccc1N1C2CCC1CC(N)C2. The van der Waals surface area contributed by atoms with Gasteiger partial charge in [-0.2, -0.15) is 5.26 Å². The third-order valence-electron chi connectivity index (χ3n) is 4.13. The van der Waals surface area contributed by atoms with Crippen LogP contribution >= 0.6 is 0 Å². The van der Waals surface area contributed by atoms with Crippen LogP contribution in [0, 0.1) is 17.1 Å². The van der Waals surface area contributed by atoms with Crippen molar-refractivity contribution in [2.24, 2.45) is 5.73 Å². The topological polar surface area (TPSA) is 53.0 Å². The maximum absolute atomic E-state index is 13.2. The van der Waals surface area contributed by atoms with Crippen LogP contribution in [0.3, 0.4) is 0 Å². The lowest BCUT2D eigenvalue weighted by atomic mass is 9.96. The Morgan fingerprint density at radius 3 is 2.56 bits per heavy atom. The van der Waals surface area contributed by atoms with Crippen LogP contribution < -0.4 is 10.6 Å². The lowest BCUT2D eigenvalue weighted by molar-refractivity contribution is 0.414. The van der Waals surface area contributed by atoms with Gasteiger partial charge in [-0.1, -0.05) is 0 Å². The van der Waals surface area contributed by atoms with Crippen molar-refractivity contribution in [3.63, 3.8) is 0 Å². The molecule has 2 aliphatic rings. The molecule has 18 heavy (non-hydrogen) atoms. The Balaban J connectivity index is 1.99. The molecule has 0 spiro atoms. The summed E-state index contributed by atoms with van der Waals surface area (Å²) in [5, 5.41) is 9.15. The van der Waals surface area contributed by atoms with Crippen LogP contribution in [0.4, 0.5) is 10.1 Å². The first-order valence-electron chi connectivity index (χ1n) is 6.42. The van der Waals surface area contributed by atoms with E-state index in [4.69, 9.17) is 11.0 Å². The molecule has 2 heterocycles. The van der Waals surface area contributed by atoms with Crippen molar-refractivity contribution in [3.05, 3.63) is 29.6 Å². The molecule has 0 aliphatic carbocycles. The quantitative estimate of drug-likeness (QED) is 0.824. The Hall–Kier alpha value is -1.60. The maximum atomic E-state index is 13.2. The molecule has 1 aromatic rings. The highest BCUT2D eigenvalue weighted by Gasteiger charge is 2.40. The number of hydrogen-bond donors (Lipinski definition) is 1. The normalized spacial score (nSPS) is 30.3. The Kier molecular flexibility index (Phi) is 2.71. The van der Waals surface area contributed by atoms with E-state index in [1.54, 1.807) is 6.07 Å². The van der Waals surface area contributed by atoms with Crippen LogP contribution in [0.2, 0.25) is 0 Å². The molecule has 2 atom stereocenters. The van der Waals surface area contributed by atoms with Crippen LogP contribution in [0.5, 0.6) is 0 Å². The van der Waals surface area contributed by atoms with Crippen molar-refractivity contribution in [3.8, 4) is 6.07 Å². The first-order valence-corrected chi connectivity index (χ1v) is 6.42. The first-order chi connectivity index (χ1) is 8.69. The minimum absolute atomic E-state index is 0.268. The zero-order chi connectivity index (χ0) is 12.7. The highest BCUT2D eigenvalue weighted by molar-refractivity contribution is 5.61. The molecule has 0 saturated carbocycles. The summed E-state index contributed by atoms with van der Waals surface area (Å²) in [4.78, 5) is 2.29. The van der Waals surface area contributed by atoms with Gasteiger partial charge >= 0.3 is 0 Å². The highest BCUT2D eigenvalue weighted by atomic mass is 19.1. The number of anilines is 1. The number of halogens is 1. The summed E-state index contributed by atoms with van der Waals surface area (Å²) in [6.45, 7) is 0. The fourth-order valence-corrected chi connectivity index (χ4v) is 3.44. The van der Waals surface area contributed by atoms with E-state index < -0.39 is 0 Å². The van der Waals surface area contributed by atoms with E-state index in [9.17, 15) is 4.39 Å².